The number of anilines is 2. The molecule has 0 aliphatic carbocycles. The highest BCUT2D eigenvalue weighted by atomic mass is 32.2. The van der Waals surface area contributed by atoms with Gasteiger partial charge in [0.2, 0.25) is 10.0 Å². The zero-order valence-electron chi connectivity index (χ0n) is 14.0. The predicted molar refractivity (Wildman–Crippen MR) is 95.3 cm³/mol. The van der Waals surface area contributed by atoms with Crippen molar-refractivity contribution in [3.63, 3.8) is 0 Å². The summed E-state index contributed by atoms with van der Waals surface area (Å²) in [6.45, 7) is 3.83. The Morgan fingerprint density at radius 2 is 1.79 bits per heavy atom. The van der Waals surface area contributed by atoms with E-state index in [1.54, 1.807) is 18.2 Å². The van der Waals surface area contributed by atoms with Gasteiger partial charge in [-0.15, -0.1) is 0 Å². The van der Waals surface area contributed by atoms with E-state index in [0.717, 1.165) is 17.4 Å². The van der Waals surface area contributed by atoms with E-state index in [1.165, 1.54) is 13.2 Å². The molecule has 0 saturated carbocycles. The number of sulfonamides is 1. The molecule has 2 rings (SSSR count). The molecule has 0 atom stereocenters. The molecule has 0 fully saturated rings. The first kappa shape index (κ1) is 17.8. The molecule has 24 heavy (non-hydrogen) atoms. The Morgan fingerprint density at radius 1 is 1.08 bits per heavy atom. The third-order valence-corrected chi connectivity index (χ3v) is 3.97. The van der Waals surface area contributed by atoms with Crippen molar-refractivity contribution in [1.29, 1.82) is 0 Å². The van der Waals surface area contributed by atoms with Crippen LogP contribution in [0.15, 0.2) is 36.4 Å². The molecule has 2 N–H and O–H groups in total. The molecule has 0 spiro atoms. The normalized spacial score (nSPS) is 11.0. The summed E-state index contributed by atoms with van der Waals surface area (Å²) in [7, 11) is -2.02. The van der Waals surface area contributed by atoms with Crippen LogP contribution >= 0.6 is 0 Å². The maximum Gasteiger partial charge on any atom is 0.255 e. The number of benzene rings is 2. The summed E-state index contributed by atoms with van der Waals surface area (Å²) in [5, 5.41) is 2.77. The van der Waals surface area contributed by atoms with Gasteiger partial charge in [-0.25, -0.2) is 8.42 Å². The molecule has 1 amide bonds. The highest BCUT2D eigenvalue weighted by Gasteiger charge is 2.13. The highest BCUT2D eigenvalue weighted by Crippen LogP contribution is 2.29. The zero-order chi connectivity index (χ0) is 17.9. The third kappa shape index (κ3) is 4.48. The van der Waals surface area contributed by atoms with Crippen molar-refractivity contribution in [2.75, 3.05) is 23.4 Å². The fourth-order valence-corrected chi connectivity index (χ4v) is 2.89. The Kier molecular flexibility index (Phi) is 5.14. The number of carbonyl (C=O) groups excluding carboxylic acids is 1. The summed E-state index contributed by atoms with van der Waals surface area (Å²) in [6, 6.07) is 10.3. The predicted octanol–water partition coefficient (Wildman–Crippen LogP) is 2.94. The van der Waals surface area contributed by atoms with E-state index in [2.05, 4.69) is 10.0 Å². The van der Waals surface area contributed by atoms with Crippen LogP contribution in [0.25, 0.3) is 0 Å². The fourth-order valence-electron chi connectivity index (χ4n) is 2.33. The molecule has 128 valence electrons. The Morgan fingerprint density at radius 3 is 2.38 bits per heavy atom. The number of hydrogen-bond donors (Lipinski definition) is 2. The number of ether oxygens (including phenoxy) is 1. The van der Waals surface area contributed by atoms with Crippen LogP contribution in [0.5, 0.6) is 5.75 Å². The van der Waals surface area contributed by atoms with Gasteiger partial charge in [-0.2, -0.15) is 0 Å². The van der Waals surface area contributed by atoms with E-state index in [1.807, 2.05) is 26.0 Å². The first-order valence-corrected chi connectivity index (χ1v) is 9.13. The SMILES string of the molecule is COc1ccc(NC(=O)c2ccc(C)cc2C)cc1NS(C)(=O)=O. The van der Waals surface area contributed by atoms with Crippen molar-refractivity contribution in [2.45, 2.75) is 13.8 Å². The quantitative estimate of drug-likeness (QED) is 0.870. The van der Waals surface area contributed by atoms with Gasteiger partial charge in [0.1, 0.15) is 5.75 Å². The van der Waals surface area contributed by atoms with Gasteiger partial charge in [-0.05, 0) is 43.7 Å². The minimum atomic E-state index is -3.46. The van der Waals surface area contributed by atoms with Crippen LogP contribution < -0.4 is 14.8 Å². The van der Waals surface area contributed by atoms with Crippen molar-refractivity contribution in [1.82, 2.24) is 0 Å². The van der Waals surface area contributed by atoms with Crippen LogP contribution in [-0.2, 0) is 10.0 Å². The number of aryl methyl sites for hydroxylation is 2. The van der Waals surface area contributed by atoms with Crippen LogP contribution in [0, 0.1) is 13.8 Å². The van der Waals surface area contributed by atoms with Crippen molar-refractivity contribution in [3.8, 4) is 5.75 Å². The minimum Gasteiger partial charge on any atom is -0.495 e. The molecule has 7 heteroatoms. The smallest absolute Gasteiger partial charge is 0.255 e. The average molecular weight is 348 g/mol. The summed E-state index contributed by atoms with van der Waals surface area (Å²) in [5.41, 5.74) is 3.24. The van der Waals surface area contributed by atoms with Crippen molar-refractivity contribution >= 4 is 27.3 Å². The second-order valence-corrected chi connectivity index (χ2v) is 7.31. The molecule has 0 bridgehead atoms. The van der Waals surface area contributed by atoms with Crippen molar-refractivity contribution in [3.05, 3.63) is 53.1 Å². The first-order valence-electron chi connectivity index (χ1n) is 7.24. The lowest BCUT2D eigenvalue weighted by molar-refractivity contribution is 0.102. The average Bonchev–Trinajstić information content (AvgIpc) is 2.45. The largest absolute Gasteiger partial charge is 0.495 e. The summed E-state index contributed by atoms with van der Waals surface area (Å²) in [5.74, 6) is 0.105. The summed E-state index contributed by atoms with van der Waals surface area (Å²) in [4.78, 5) is 12.4. The molecule has 0 aliphatic rings. The molecule has 0 aromatic heterocycles. The summed E-state index contributed by atoms with van der Waals surface area (Å²) < 4.78 is 30.4. The van der Waals surface area contributed by atoms with E-state index in [4.69, 9.17) is 4.74 Å². The van der Waals surface area contributed by atoms with Crippen LogP contribution in [-0.4, -0.2) is 27.7 Å². The molecular formula is C17H20N2O4S. The highest BCUT2D eigenvalue weighted by molar-refractivity contribution is 7.92. The number of hydrogen-bond acceptors (Lipinski definition) is 4. The first-order chi connectivity index (χ1) is 11.2. The van der Waals surface area contributed by atoms with Crippen molar-refractivity contribution < 1.29 is 17.9 Å². The molecule has 2 aromatic rings. The van der Waals surface area contributed by atoms with Gasteiger partial charge in [-0.1, -0.05) is 17.7 Å². The Labute approximate surface area is 141 Å². The number of methoxy groups -OCH3 is 1. The maximum absolute atomic E-state index is 12.4. The molecule has 6 nitrogen and oxygen atoms in total. The summed E-state index contributed by atoms with van der Waals surface area (Å²) >= 11 is 0. The standard InChI is InChI=1S/C17H20N2O4S/c1-11-5-7-14(12(2)9-11)17(20)18-13-6-8-16(23-3)15(10-13)19-24(4,21)22/h5-10,19H,1-4H3,(H,18,20). The molecule has 0 saturated heterocycles. The van der Waals surface area contributed by atoms with Crippen LogP contribution in [0.3, 0.4) is 0 Å². The minimum absolute atomic E-state index is 0.261. The second kappa shape index (κ2) is 6.92. The fraction of sp³-hybridized carbons (Fsp3) is 0.235. The van der Waals surface area contributed by atoms with Gasteiger partial charge in [0.05, 0.1) is 19.1 Å². The van der Waals surface area contributed by atoms with Gasteiger partial charge < -0.3 is 10.1 Å². The molecule has 0 aliphatic heterocycles. The van der Waals surface area contributed by atoms with E-state index < -0.39 is 10.0 Å². The van der Waals surface area contributed by atoms with E-state index in [0.29, 0.717) is 17.0 Å². The molecule has 0 radical (unpaired) electrons. The van der Waals surface area contributed by atoms with Gasteiger partial charge in [0.25, 0.3) is 5.91 Å². The zero-order valence-corrected chi connectivity index (χ0v) is 14.8. The van der Waals surface area contributed by atoms with E-state index >= 15 is 0 Å². The lowest BCUT2D eigenvalue weighted by Gasteiger charge is -2.13. The van der Waals surface area contributed by atoms with Crippen LogP contribution in [0.2, 0.25) is 0 Å². The second-order valence-electron chi connectivity index (χ2n) is 5.56. The topological polar surface area (TPSA) is 84.5 Å². The molecular weight excluding hydrogens is 328 g/mol. The van der Waals surface area contributed by atoms with Crippen LogP contribution in [0.1, 0.15) is 21.5 Å². The Hall–Kier alpha value is -2.54. The number of amides is 1. The third-order valence-electron chi connectivity index (χ3n) is 3.38. The van der Waals surface area contributed by atoms with Gasteiger partial charge in [0, 0.05) is 11.3 Å². The lowest BCUT2D eigenvalue weighted by atomic mass is 10.1. The van der Waals surface area contributed by atoms with Gasteiger partial charge in [0.15, 0.2) is 0 Å². The van der Waals surface area contributed by atoms with Gasteiger partial charge >= 0.3 is 0 Å². The summed E-state index contributed by atoms with van der Waals surface area (Å²) in [6.07, 6.45) is 1.05. The Balaban J connectivity index is 2.29. The van der Waals surface area contributed by atoms with E-state index in [-0.39, 0.29) is 11.6 Å². The Bertz CT molecular complexity index is 876. The number of nitrogens with one attached hydrogen (secondary N) is 2. The van der Waals surface area contributed by atoms with Gasteiger partial charge in [-0.3, -0.25) is 9.52 Å². The van der Waals surface area contributed by atoms with Crippen LogP contribution in [0.4, 0.5) is 11.4 Å². The molecule has 2 aromatic carbocycles. The van der Waals surface area contributed by atoms with Crippen molar-refractivity contribution in [2.24, 2.45) is 0 Å². The monoisotopic (exact) mass is 348 g/mol. The molecule has 0 unspecified atom stereocenters. The lowest BCUT2D eigenvalue weighted by Crippen LogP contribution is -2.14. The number of carbonyl (C=O) groups is 1. The van der Waals surface area contributed by atoms with E-state index in [9.17, 15) is 13.2 Å². The number of rotatable bonds is 5. The maximum atomic E-state index is 12.4. The molecule has 0 heterocycles.